The molecule has 1 aromatic heterocycles. The van der Waals surface area contributed by atoms with E-state index in [-0.39, 0.29) is 12.5 Å². The van der Waals surface area contributed by atoms with E-state index in [0.717, 1.165) is 25.9 Å². The van der Waals surface area contributed by atoms with Gasteiger partial charge in [-0.05, 0) is 90.4 Å². The highest BCUT2D eigenvalue weighted by atomic mass is 16.5. The van der Waals surface area contributed by atoms with E-state index in [4.69, 9.17) is 9.72 Å². The van der Waals surface area contributed by atoms with E-state index >= 15 is 0 Å². The molecule has 2 aliphatic heterocycles. The van der Waals surface area contributed by atoms with Crippen molar-refractivity contribution in [1.29, 1.82) is 0 Å². The number of hydrogen-bond donors (Lipinski definition) is 1. The lowest BCUT2D eigenvalue weighted by atomic mass is 9.65. The van der Waals surface area contributed by atoms with Crippen LogP contribution in [-0.2, 0) is 22.5 Å². The molecule has 4 aliphatic rings. The molecule has 35 heavy (non-hydrogen) atoms. The van der Waals surface area contributed by atoms with Crippen molar-refractivity contribution in [1.82, 2.24) is 15.2 Å². The molecular weight excluding hydrogens is 434 g/mol. The zero-order valence-corrected chi connectivity index (χ0v) is 21.3. The standard InChI is InChI=1S/C30H37N3O2/c1-18(2)24-12-19-6-7-23(19)30-26(24)14-22(15-32-30)21-11-20-8-10-33(29(34)17-35-3)16-27(20)25(13-21)28-5-4-9-31-28/h11-15,18-19,23,28,31H,4-10,16-17H2,1-3H3/t19?,23?,28-/m0/s1. The number of nitrogens with zero attached hydrogens (tertiary/aromatic N) is 2. The molecule has 0 spiro atoms. The first kappa shape index (κ1) is 22.9. The van der Waals surface area contributed by atoms with Gasteiger partial charge in [0.1, 0.15) is 6.61 Å². The van der Waals surface area contributed by atoms with Crippen molar-refractivity contribution >= 4 is 11.5 Å². The van der Waals surface area contributed by atoms with E-state index in [0.29, 0.717) is 30.3 Å². The number of nitrogens with one attached hydrogen (secondary N) is 1. The molecule has 2 fully saturated rings. The van der Waals surface area contributed by atoms with Gasteiger partial charge in [0.25, 0.3) is 0 Å². The summed E-state index contributed by atoms with van der Waals surface area (Å²) < 4.78 is 5.13. The minimum Gasteiger partial charge on any atom is -0.375 e. The zero-order valence-electron chi connectivity index (χ0n) is 21.3. The summed E-state index contributed by atoms with van der Waals surface area (Å²) in [5.41, 5.74) is 10.7. The third-order valence-corrected chi connectivity index (χ3v) is 8.69. The quantitative estimate of drug-likeness (QED) is 0.647. The number of carbonyl (C=O) groups is 1. The largest absolute Gasteiger partial charge is 0.375 e. The third kappa shape index (κ3) is 4.03. The molecule has 1 aromatic carbocycles. The van der Waals surface area contributed by atoms with E-state index in [1.54, 1.807) is 7.11 Å². The predicted octanol–water partition coefficient (Wildman–Crippen LogP) is 5.25. The highest BCUT2D eigenvalue weighted by Crippen LogP contribution is 2.51. The maximum atomic E-state index is 12.6. The minimum absolute atomic E-state index is 0.0775. The van der Waals surface area contributed by atoms with Crippen LogP contribution in [0, 0.1) is 11.8 Å². The van der Waals surface area contributed by atoms with Gasteiger partial charge in [-0.1, -0.05) is 26.0 Å². The summed E-state index contributed by atoms with van der Waals surface area (Å²) in [6.07, 6.45) is 10.4. The molecule has 184 valence electrons. The summed E-state index contributed by atoms with van der Waals surface area (Å²) in [5, 5.41) is 3.71. The number of rotatable bonds is 5. The highest BCUT2D eigenvalue weighted by molar-refractivity contribution is 5.79. The van der Waals surface area contributed by atoms with Crippen molar-refractivity contribution in [3.05, 3.63) is 58.4 Å². The smallest absolute Gasteiger partial charge is 0.248 e. The van der Waals surface area contributed by atoms with Crippen LogP contribution in [0.15, 0.2) is 30.5 Å². The van der Waals surface area contributed by atoms with Gasteiger partial charge in [-0.3, -0.25) is 9.78 Å². The van der Waals surface area contributed by atoms with Gasteiger partial charge in [-0.2, -0.15) is 0 Å². The van der Waals surface area contributed by atoms with Crippen molar-refractivity contribution in [3.8, 4) is 11.1 Å². The van der Waals surface area contributed by atoms with E-state index in [2.05, 4.69) is 49.6 Å². The monoisotopic (exact) mass is 471 g/mol. The second kappa shape index (κ2) is 9.18. The van der Waals surface area contributed by atoms with Crippen LogP contribution in [0.5, 0.6) is 0 Å². The number of hydrogen-bond acceptors (Lipinski definition) is 4. The molecule has 1 saturated carbocycles. The number of allylic oxidation sites excluding steroid dienone is 2. The molecule has 5 heteroatoms. The fourth-order valence-electron chi connectivity index (χ4n) is 6.60. The number of aromatic nitrogens is 1. The Bertz CT molecular complexity index is 1180. The summed E-state index contributed by atoms with van der Waals surface area (Å²) in [5.74, 6) is 1.88. The topological polar surface area (TPSA) is 54.5 Å². The number of pyridine rings is 1. The Morgan fingerprint density at radius 1 is 1.20 bits per heavy atom. The lowest BCUT2D eigenvalue weighted by Crippen LogP contribution is -2.38. The van der Waals surface area contributed by atoms with Crippen LogP contribution < -0.4 is 5.32 Å². The van der Waals surface area contributed by atoms with Gasteiger partial charge in [0.05, 0.1) is 5.69 Å². The van der Waals surface area contributed by atoms with Gasteiger partial charge in [0, 0.05) is 49.5 Å². The first-order chi connectivity index (χ1) is 17.0. The molecule has 2 aliphatic carbocycles. The summed E-state index contributed by atoms with van der Waals surface area (Å²) >= 11 is 0. The molecule has 3 heterocycles. The van der Waals surface area contributed by atoms with Crippen LogP contribution in [0.3, 0.4) is 0 Å². The fraction of sp³-hybridized carbons (Fsp3) is 0.533. The summed E-state index contributed by atoms with van der Waals surface area (Å²) in [6.45, 7) is 7.25. The predicted molar refractivity (Wildman–Crippen MR) is 139 cm³/mol. The van der Waals surface area contributed by atoms with Crippen molar-refractivity contribution in [3.63, 3.8) is 0 Å². The van der Waals surface area contributed by atoms with E-state index in [9.17, 15) is 4.79 Å². The molecule has 0 bridgehead atoms. The maximum Gasteiger partial charge on any atom is 0.248 e. The van der Waals surface area contributed by atoms with Crippen LogP contribution >= 0.6 is 0 Å². The lowest BCUT2D eigenvalue weighted by Gasteiger charge is -2.40. The fourth-order valence-corrected chi connectivity index (χ4v) is 6.60. The van der Waals surface area contributed by atoms with E-state index in [1.807, 2.05) is 4.90 Å². The Balaban J connectivity index is 1.41. The second-order valence-electron chi connectivity index (χ2n) is 11.1. The number of methoxy groups -OCH3 is 1. The molecule has 5 nitrogen and oxygen atoms in total. The molecule has 1 amide bonds. The van der Waals surface area contributed by atoms with Crippen molar-refractivity contribution in [2.45, 2.75) is 64.5 Å². The number of ether oxygens (including phenoxy) is 1. The van der Waals surface area contributed by atoms with Crippen LogP contribution in [-0.4, -0.2) is 42.6 Å². The first-order valence-electron chi connectivity index (χ1n) is 13.4. The second-order valence-corrected chi connectivity index (χ2v) is 11.1. The normalized spacial score (nSPS) is 25.0. The molecule has 0 radical (unpaired) electrons. The van der Waals surface area contributed by atoms with Crippen LogP contribution in [0.1, 0.15) is 79.4 Å². The number of fused-ring (bicyclic) bond motifs is 4. The van der Waals surface area contributed by atoms with Gasteiger partial charge in [0.15, 0.2) is 0 Å². The molecule has 3 atom stereocenters. The molecule has 1 N–H and O–H groups in total. The van der Waals surface area contributed by atoms with Crippen molar-refractivity contribution in [2.24, 2.45) is 11.8 Å². The number of carbonyl (C=O) groups excluding carboxylic acids is 1. The summed E-state index contributed by atoms with van der Waals surface area (Å²) in [7, 11) is 1.59. The Morgan fingerprint density at radius 2 is 2.09 bits per heavy atom. The third-order valence-electron chi connectivity index (χ3n) is 8.69. The average molecular weight is 472 g/mol. The zero-order chi connectivity index (χ0) is 24.1. The molecule has 1 saturated heterocycles. The van der Waals surface area contributed by atoms with Gasteiger partial charge >= 0.3 is 0 Å². The Kier molecular flexibility index (Phi) is 6.01. The van der Waals surface area contributed by atoms with E-state index in [1.165, 1.54) is 63.9 Å². The maximum absolute atomic E-state index is 12.6. The number of benzene rings is 1. The number of amides is 1. The van der Waals surface area contributed by atoms with Gasteiger partial charge < -0.3 is 15.0 Å². The van der Waals surface area contributed by atoms with Crippen LogP contribution in [0.25, 0.3) is 16.7 Å². The summed E-state index contributed by atoms with van der Waals surface area (Å²) in [4.78, 5) is 19.6. The van der Waals surface area contributed by atoms with Crippen molar-refractivity contribution < 1.29 is 9.53 Å². The Morgan fingerprint density at radius 3 is 2.80 bits per heavy atom. The van der Waals surface area contributed by atoms with E-state index < -0.39 is 0 Å². The van der Waals surface area contributed by atoms with Crippen LogP contribution in [0.4, 0.5) is 0 Å². The lowest BCUT2D eigenvalue weighted by molar-refractivity contribution is -0.136. The van der Waals surface area contributed by atoms with Gasteiger partial charge in [-0.25, -0.2) is 0 Å². The minimum atomic E-state index is 0.0775. The molecule has 2 aromatic rings. The van der Waals surface area contributed by atoms with Crippen LogP contribution in [0.2, 0.25) is 0 Å². The Hall–Kier alpha value is -2.50. The molecule has 2 unspecified atom stereocenters. The van der Waals surface area contributed by atoms with Gasteiger partial charge in [-0.15, -0.1) is 0 Å². The van der Waals surface area contributed by atoms with Gasteiger partial charge in [0.2, 0.25) is 5.91 Å². The molecule has 6 rings (SSSR count). The highest BCUT2D eigenvalue weighted by Gasteiger charge is 2.38. The molecular formula is C30H37N3O2. The first-order valence-corrected chi connectivity index (χ1v) is 13.4. The average Bonchev–Trinajstić information content (AvgIpc) is 3.37. The summed E-state index contributed by atoms with van der Waals surface area (Å²) in [6, 6.07) is 7.51. The SMILES string of the molecule is COCC(=O)N1CCc2cc(-c3cnc4c(c3)C(C(C)C)=CC3CCC43)cc([C@@H]3CCCN3)c2C1. The Labute approximate surface area is 209 Å². The van der Waals surface area contributed by atoms with Crippen molar-refractivity contribution in [2.75, 3.05) is 26.8 Å².